The van der Waals surface area contributed by atoms with Gasteiger partial charge in [-0.1, -0.05) is 26.7 Å². The predicted octanol–water partition coefficient (Wildman–Crippen LogP) is 2.45. The van der Waals surface area contributed by atoms with Crippen LogP contribution in [0.25, 0.3) is 0 Å². The molecule has 3 heteroatoms. The molecule has 2 unspecified atom stereocenters. The van der Waals surface area contributed by atoms with Crippen LogP contribution in [-0.2, 0) is 12.8 Å². The van der Waals surface area contributed by atoms with Crippen LogP contribution in [0, 0.1) is 0 Å². The molecule has 1 aliphatic carbocycles. The van der Waals surface area contributed by atoms with E-state index in [0.29, 0.717) is 12.1 Å². The molecule has 1 saturated carbocycles. The van der Waals surface area contributed by atoms with Crippen LogP contribution in [0.5, 0.6) is 0 Å². The van der Waals surface area contributed by atoms with Crippen LogP contribution in [-0.4, -0.2) is 15.8 Å². The third kappa shape index (κ3) is 2.14. The molecule has 1 fully saturated rings. The lowest BCUT2D eigenvalue weighted by Crippen LogP contribution is -2.36. The zero-order valence-corrected chi connectivity index (χ0v) is 10.4. The van der Waals surface area contributed by atoms with Gasteiger partial charge in [-0.2, -0.15) is 5.10 Å². The van der Waals surface area contributed by atoms with Crippen molar-refractivity contribution in [2.45, 2.75) is 64.5 Å². The number of aryl methyl sites for hydroxylation is 2. The molecule has 2 N–H and O–H groups in total. The topological polar surface area (TPSA) is 43.8 Å². The van der Waals surface area contributed by atoms with Crippen LogP contribution in [0.15, 0.2) is 6.07 Å². The van der Waals surface area contributed by atoms with Crippen molar-refractivity contribution in [2.75, 3.05) is 0 Å². The smallest absolute Gasteiger partial charge is 0.0673 e. The van der Waals surface area contributed by atoms with Crippen molar-refractivity contribution in [1.82, 2.24) is 9.78 Å². The Labute approximate surface area is 98.0 Å². The van der Waals surface area contributed by atoms with Gasteiger partial charge in [0.2, 0.25) is 0 Å². The second kappa shape index (κ2) is 5.00. The van der Waals surface area contributed by atoms with E-state index >= 15 is 0 Å². The van der Waals surface area contributed by atoms with Gasteiger partial charge in [0.25, 0.3) is 0 Å². The van der Waals surface area contributed by atoms with E-state index in [-0.39, 0.29) is 0 Å². The van der Waals surface area contributed by atoms with E-state index in [9.17, 15) is 0 Å². The fourth-order valence-electron chi connectivity index (χ4n) is 2.66. The Morgan fingerprint density at radius 2 is 2.06 bits per heavy atom. The van der Waals surface area contributed by atoms with Gasteiger partial charge in [0.05, 0.1) is 11.7 Å². The molecule has 0 aromatic carbocycles. The summed E-state index contributed by atoms with van der Waals surface area (Å²) in [4.78, 5) is 0. The molecule has 16 heavy (non-hydrogen) atoms. The molecule has 1 aromatic heterocycles. The highest BCUT2D eigenvalue weighted by molar-refractivity contribution is 5.12. The minimum absolute atomic E-state index is 0.295. The molecule has 1 heterocycles. The van der Waals surface area contributed by atoms with Crippen LogP contribution >= 0.6 is 0 Å². The molecule has 1 aliphatic rings. The molecule has 0 amide bonds. The van der Waals surface area contributed by atoms with Crippen LogP contribution in [0.3, 0.4) is 0 Å². The van der Waals surface area contributed by atoms with E-state index in [1.54, 1.807) is 0 Å². The minimum atomic E-state index is 0.295. The summed E-state index contributed by atoms with van der Waals surface area (Å²) in [7, 11) is 0. The van der Waals surface area contributed by atoms with Gasteiger partial charge < -0.3 is 5.73 Å². The summed E-state index contributed by atoms with van der Waals surface area (Å²) in [5.74, 6) is 0. The van der Waals surface area contributed by atoms with E-state index in [1.165, 1.54) is 30.7 Å². The molecule has 90 valence electrons. The highest BCUT2D eigenvalue weighted by Crippen LogP contribution is 2.28. The zero-order valence-electron chi connectivity index (χ0n) is 10.4. The summed E-state index contributed by atoms with van der Waals surface area (Å²) in [6.07, 6.45) is 6.98. The van der Waals surface area contributed by atoms with E-state index in [2.05, 4.69) is 24.6 Å². The maximum atomic E-state index is 6.22. The Morgan fingerprint density at radius 3 is 2.69 bits per heavy atom. The summed E-state index contributed by atoms with van der Waals surface area (Å²) in [6.45, 7) is 4.36. The maximum Gasteiger partial charge on any atom is 0.0673 e. The van der Waals surface area contributed by atoms with Crippen molar-refractivity contribution in [1.29, 1.82) is 0 Å². The van der Waals surface area contributed by atoms with Gasteiger partial charge in [-0.3, -0.25) is 4.68 Å². The lowest BCUT2D eigenvalue weighted by molar-refractivity contribution is 0.280. The van der Waals surface area contributed by atoms with E-state index in [0.717, 1.165) is 19.3 Å². The van der Waals surface area contributed by atoms with E-state index < -0.39 is 0 Å². The minimum Gasteiger partial charge on any atom is -0.326 e. The fourth-order valence-corrected chi connectivity index (χ4v) is 2.66. The predicted molar refractivity (Wildman–Crippen MR) is 66.5 cm³/mol. The largest absolute Gasteiger partial charge is 0.326 e. The van der Waals surface area contributed by atoms with Crippen molar-refractivity contribution in [3.8, 4) is 0 Å². The first-order chi connectivity index (χ1) is 7.76. The number of aromatic nitrogens is 2. The summed E-state index contributed by atoms with van der Waals surface area (Å²) in [6, 6.07) is 2.97. The molecule has 0 spiro atoms. The molecule has 1 aromatic rings. The summed E-state index contributed by atoms with van der Waals surface area (Å²) in [5.41, 5.74) is 8.77. The molecule has 0 aliphatic heterocycles. The molecule has 0 bridgehead atoms. The average molecular weight is 221 g/mol. The van der Waals surface area contributed by atoms with Crippen LogP contribution < -0.4 is 5.73 Å². The lowest BCUT2D eigenvalue weighted by atomic mass is 9.91. The Balaban J connectivity index is 2.26. The Kier molecular flexibility index (Phi) is 3.64. The second-order valence-corrected chi connectivity index (χ2v) is 4.79. The Morgan fingerprint density at radius 1 is 1.31 bits per heavy atom. The number of nitrogens with two attached hydrogens (primary N) is 1. The van der Waals surface area contributed by atoms with Crippen molar-refractivity contribution >= 4 is 0 Å². The Hall–Kier alpha value is -0.830. The van der Waals surface area contributed by atoms with Gasteiger partial charge in [0, 0.05) is 11.7 Å². The molecule has 2 atom stereocenters. The summed E-state index contributed by atoms with van der Waals surface area (Å²) in [5, 5.41) is 4.71. The van der Waals surface area contributed by atoms with Gasteiger partial charge in [0.1, 0.15) is 0 Å². The highest BCUT2D eigenvalue weighted by Gasteiger charge is 2.25. The average Bonchev–Trinajstić information content (AvgIpc) is 2.72. The number of hydrogen-bond acceptors (Lipinski definition) is 2. The highest BCUT2D eigenvalue weighted by atomic mass is 15.3. The summed E-state index contributed by atoms with van der Waals surface area (Å²) >= 11 is 0. The normalized spacial score (nSPS) is 25.9. The third-order valence-electron chi connectivity index (χ3n) is 3.68. The molecule has 2 rings (SSSR count). The van der Waals surface area contributed by atoms with Crippen LogP contribution in [0.4, 0.5) is 0 Å². The van der Waals surface area contributed by atoms with Crippen molar-refractivity contribution in [3.05, 3.63) is 17.5 Å². The van der Waals surface area contributed by atoms with E-state index in [4.69, 9.17) is 10.8 Å². The SMILES string of the molecule is CCc1cc(CC)n(C2CCCCC2N)n1. The molecule has 0 saturated heterocycles. The first-order valence-electron chi connectivity index (χ1n) is 6.59. The summed E-state index contributed by atoms with van der Waals surface area (Å²) < 4.78 is 2.21. The van der Waals surface area contributed by atoms with Gasteiger partial charge >= 0.3 is 0 Å². The lowest BCUT2D eigenvalue weighted by Gasteiger charge is -2.30. The first kappa shape index (κ1) is 11.6. The molecular formula is C13H23N3. The Bertz CT molecular complexity index is 343. The third-order valence-corrected chi connectivity index (χ3v) is 3.68. The number of nitrogens with zero attached hydrogens (tertiary/aromatic N) is 2. The van der Waals surface area contributed by atoms with Gasteiger partial charge in [0.15, 0.2) is 0 Å². The van der Waals surface area contributed by atoms with Crippen LogP contribution in [0.1, 0.15) is 57.0 Å². The molecule has 3 nitrogen and oxygen atoms in total. The standard InChI is InChI=1S/C13H23N3/c1-3-10-9-11(4-2)16(15-10)13-8-6-5-7-12(13)14/h9,12-13H,3-8,14H2,1-2H3. The molecular weight excluding hydrogens is 198 g/mol. The van der Waals surface area contributed by atoms with Crippen molar-refractivity contribution in [2.24, 2.45) is 5.73 Å². The van der Waals surface area contributed by atoms with E-state index in [1.807, 2.05) is 0 Å². The van der Waals surface area contributed by atoms with Gasteiger partial charge in [-0.15, -0.1) is 0 Å². The van der Waals surface area contributed by atoms with Gasteiger partial charge in [-0.25, -0.2) is 0 Å². The van der Waals surface area contributed by atoms with Crippen molar-refractivity contribution < 1.29 is 0 Å². The number of rotatable bonds is 3. The van der Waals surface area contributed by atoms with Gasteiger partial charge in [-0.05, 0) is 31.7 Å². The maximum absolute atomic E-state index is 6.22. The fraction of sp³-hybridized carbons (Fsp3) is 0.769. The second-order valence-electron chi connectivity index (χ2n) is 4.79. The van der Waals surface area contributed by atoms with Crippen molar-refractivity contribution in [3.63, 3.8) is 0 Å². The quantitative estimate of drug-likeness (QED) is 0.852. The first-order valence-corrected chi connectivity index (χ1v) is 6.59. The zero-order chi connectivity index (χ0) is 11.5. The molecule has 0 radical (unpaired) electrons. The number of hydrogen-bond donors (Lipinski definition) is 1. The van der Waals surface area contributed by atoms with Crippen LogP contribution in [0.2, 0.25) is 0 Å². The monoisotopic (exact) mass is 221 g/mol.